The van der Waals surface area contributed by atoms with Crippen molar-refractivity contribution in [1.82, 2.24) is 10.7 Å². The Morgan fingerprint density at radius 2 is 1.89 bits per heavy atom. The van der Waals surface area contributed by atoms with Crippen molar-refractivity contribution in [3.63, 3.8) is 0 Å². The Morgan fingerprint density at radius 1 is 1.21 bits per heavy atom. The minimum absolute atomic E-state index is 0.500. The lowest BCUT2D eigenvalue weighted by Crippen LogP contribution is -2.40. The van der Waals surface area contributed by atoms with Gasteiger partial charge in [0.15, 0.2) is 5.11 Å². The molecule has 0 radical (unpaired) electrons. The number of anilines is 1. The van der Waals surface area contributed by atoms with E-state index in [-0.39, 0.29) is 0 Å². The molecule has 0 aliphatic heterocycles. The highest BCUT2D eigenvalue weighted by molar-refractivity contribution is 7.80. The van der Waals surface area contributed by atoms with Crippen molar-refractivity contribution in [3.05, 3.63) is 29.8 Å². The van der Waals surface area contributed by atoms with Crippen LogP contribution in [0.2, 0.25) is 0 Å². The van der Waals surface area contributed by atoms with Crippen molar-refractivity contribution >= 4 is 29.2 Å². The van der Waals surface area contributed by atoms with E-state index in [0.29, 0.717) is 11.2 Å². The molecule has 1 aliphatic rings. The smallest absolute Gasteiger partial charge is 0.187 e. The van der Waals surface area contributed by atoms with Crippen LogP contribution in [0.15, 0.2) is 29.4 Å². The van der Waals surface area contributed by atoms with E-state index in [9.17, 15) is 0 Å². The van der Waals surface area contributed by atoms with Gasteiger partial charge in [0.1, 0.15) is 0 Å². The summed E-state index contributed by atoms with van der Waals surface area (Å²) in [4.78, 5) is 0. The Morgan fingerprint density at radius 3 is 2.58 bits per heavy atom. The molecule has 1 aromatic carbocycles. The van der Waals surface area contributed by atoms with Gasteiger partial charge in [-0.15, -0.1) is 0 Å². The summed E-state index contributed by atoms with van der Waals surface area (Å²) in [6.45, 7) is 0. The van der Waals surface area contributed by atoms with Crippen LogP contribution in [-0.2, 0) is 0 Å². The van der Waals surface area contributed by atoms with Crippen molar-refractivity contribution in [2.75, 3.05) is 5.73 Å². The summed E-state index contributed by atoms with van der Waals surface area (Å²) in [5.74, 6) is 0. The first-order chi connectivity index (χ1) is 9.24. The Balaban J connectivity index is 1.74. The molecule has 0 spiro atoms. The molecule has 0 saturated heterocycles. The van der Waals surface area contributed by atoms with Gasteiger partial charge in [-0.2, -0.15) is 5.10 Å². The molecule has 0 aromatic heterocycles. The van der Waals surface area contributed by atoms with E-state index >= 15 is 0 Å². The zero-order valence-corrected chi connectivity index (χ0v) is 11.7. The van der Waals surface area contributed by atoms with E-state index in [0.717, 1.165) is 11.3 Å². The van der Waals surface area contributed by atoms with Gasteiger partial charge >= 0.3 is 0 Å². The molecule has 102 valence electrons. The molecule has 0 unspecified atom stereocenters. The predicted molar refractivity (Wildman–Crippen MR) is 84.2 cm³/mol. The standard InChI is InChI=1S/C14H20N4S/c15-12-8-6-11(7-9-12)10-16-18-14(19)17-13-4-2-1-3-5-13/h6-10,13H,1-5,15H2,(H2,17,18,19). The molecule has 2 rings (SSSR count). The van der Waals surface area contributed by atoms with E-state index in [1.165, 1.54) is 32.1 Å². The average Bonchev–Trinajstić information content (AvgIpc) is 2.42. The molecule has 0 atom stereocenters. The molecular formula is C14H20N4S. The number of thiocarbonyl (C=S) groups is 1. The van der Waals surface area contributed by atoms with Crippen LogP contribution in [0, 0.1) is 0 Å². The van der Waals surface area contributed by atoms with Crippen LogP contribution >= 0.6 is 12.2 Å². The monoisotopic (exact) mass is 276 g/mol. The summed E-state index contributed by atoms with van der Waals surface area (Å²) in [7, 11) is 0. The van der Waals surface area contributed by atoms with Crippen LogP contribution < -0.4 is 16.5 Å². The van der Waals surface area contributed by atoms with Crippen LogP contribution in [-0.4, -0.2) is 17.4 Å². The van der Waals surface area contributed by atoms with Gasteiger partial charge in [0.25, 0.3) is 0 Å². The average molecular weight is 276 g/mol. The summed E-state index contributed by atoms with van der Waals surface area (Å²) < 4.78 is 0. The van der Waals surface area contributed by atoms with Gasteiger partial charge in [0, 0.05) is 11.7 Å². The number of nitrogens with zero attached hydrogens (tertiary/aromatic N) is 1. The van der Waals surface area contributed by atoms with Crippen LogP contribution in [0.5, 0.6) is 0 Å². The van der Waals surface area contributed by atoms with E-state index in [1.54, 1.807) is 6.21 Å². The molecule has 1 fully saturated rings. The highest BCUT2D eigenvalue weighted by atomic mass is 32.1. The number of hydrogen-bond acceptors (Lipinski definition) is 3. The highest BCUT2D eigenvalue weighted by Gasteiger charge is 2.13. The van der Waals surface area contributed by atoms with E-state index in [4.69, 9.17) is 18.0 Å². The number of nitrogens with one attached hydrogen (secondary N) is 2. The lowest BCUT2D eigenvalue weighted by atomic mass is 9.96. The van der Waals surface area contributed by atoms with Gasteiger partial charge in [0.2, 0.25) is 0 Å². The molecule has 0 bridgehead atoms. The largest absolute Gasteiger partial charge is 0.399 e. The fraction of sp³-hybridized carbons (Fsp3) is 0.429. The minimum Gasteiger partial charge on any atom is -0.399 e. The second kappa shape index (κ2) is 7.09. The van der Waals surface area contributed by atoms with E-state index in [1.807, 2.05) is 24.3 Å². The van der Waals surface area contributed by atoms with Gasteiger partial charge < -0.3 is 11.1 Å². The molecule has 4 N–H and O–H groups in total. The second-order valence-corrected chi connectivity index (χ2v) is 5.25. The molecule has 1 aliphatic carbocycles. The predicted octanol–water partition coefficient (Wildman–Crippen LogP) is 2.40. The number of nitrogen functional groups attached to an aromatic ring is 1. The van der Waals surface area contributed by atoms with Crippen LogP contribution in [0.1, 0.15) is 37.7 Å². The number of hydrazone groups is 1. The third-order valence-electron chi connectivity index (χ3n) is 3.26. The maximum atomic E-state index is 5.62. The Hall–Kier alpha value is -1.62. The summed E-state index contributed by atoms with van der Waals surface area (Å²) in [6.07, 6.45) is 8.04. The SMILES string of the molecule is Nc1ccc(C=NNC(=S)NC2CCCCC2)cc1. The number of nitrogens with two attached hydrogens (primary N) is 1. The third-order valence-corrected chi connectivity index (χ3v) is 3.47. The maximum Gasteiger partial charge on any atom is 0.187 e. The van der Waals surface area contributed by atoms with Gasteiger partial charge in [-0.1, -0.05) is 31.4 Å². The van der Waals surface area contributed by atoms with Crippen molar-refractivity contribution in [2.45, 2.75) is 38.1 Å². The maximum absolute atomic E-state index is 5.62. The molecular weight excluding hydrogens is 256 g/mol. The number of hydrogen-bond donors (Lipinski definition) is 3. The van der Waals surface area contributed by atoms with Crippen LogP contribution in [0.25, 0.3) is 0 Å². The topological polar surface area (TPSA) is 62.4 Å². The summed E-state index contributed by atoms with van der Waals surface area (Å²) in [5.41, 5.74) is 10.2. The molecule has 5 heteroatoms. The number of benzene rings is 1. The van der Waals surface area contributed by atoms with E-state index in [2.05, 4.69) is 15.8 Å². The first-order valence-electron chi connectivity index (χ1n) is 6.69. The zero-order chi connectivity index (χ0) is 13.5. The first kappa shape index (κ1) is 13.8. The molecule has 19 heavy (non-hydrogen) atoms. The van der Waals surface area contributed by atoms with Crippen molar-refractivity contribution in [1.29, 1.82) is 0 Å². The fourth-order valence-electron chi connectivity index (χ4n) is 2.21. The molecule has 4 nitrogen and oxygen atoms in total. The van der Waals surface area contributed by atoms with Crippen molar-refractivity contribution in [2.24, 2.45) is 5.10 Å². The second-order valence-electron chi connectivity index (χ2n) is 4.85. The molecule has 0 amide bonds. The van der Waals surface area contributed by atoms with Gasteiger partial charge in [-0.3, -0.25) is 5.43 Å². The minimum atomic E-state index is 0.500. The third kappa shape index (κ3) is 4.87. The normalized spacial score (nSPS) is 16.4. The molecule has 1 saturated carbocycles. The number of rotatable bonds is 3. The Kier molecular flexibility index (Phi) is 5.15. The fourth-order valence-corrected chi connectivity index (χ4v) is 2.43. The quantitative estimate of drug-likeness (QED) is 0.343. The summed E-state index contributed by atoms with van der Waals surface area (Å²) >= 11 is 5.22. The van der Waals surface area contributed by atoms with E-state index < -0.39 is 0 Å². The molecule has 1 aromatic rings. The van der Waals surface area contributed by atoms with Crippen molar-refractivity contribution in [3.8, 4) is 0 Å². The lowest BCUT2D eigenvalue weighted by Gasteiger charge is -2.23. The highest BCUT2D eigenvalue weighted by Crippen LogP contribution is 2.17. The Bertz CT molecular complexity index is 435. The van der Waals surface area contributed by atoms with Gasteiger partial charge in [0.05, 0.1) is 6.21 Å². The van der Waals surface area contributed by atoms with Crippen molar-refractivity contribution < 1.29 is 0 Å². The first-order valence-corrected chi connectivity index (χ1v) is 7.10. The summed E-state index contributed by atoms with van der Waals surface area (Å²) in [5, 5.41) is 8.01. The van der Waals surface area contributed by atoms with Gasteiger partial charge in [-0.25, -0.2) is 0 Å². The zero-order valence-electron chi connectivity index (χ0n) is 10.9. The lowest BCUT2D eigenvalue weighted by molar-refractivity contribution is 0.412. The Labute approximate surface area is 119 Å². The van der Waals surface area contributed by atoms with Crippen LogP contribution in [0.4, 0.5) is 5.69 Å². The molecule has 0 heterocycles. The van der Waals surface area contributed by atoms with Crippen LogP contribution in [0.3, 0.4) is 0 Å². The summed E-state index contributed by atoms with van der Waals surface area (Å²) in [6, 6.07) is 8.02. The van der Waals surface area contributed by atoms with Gasteiger partial charge in [-0.05, 0) is 42.8 Å².